The molecular formula is C14H13ClF3S+. The van der Waals surface area contributed by atoms with Crippen LogP contribution in [0.4, 0.5) is 13.2 Å². The number of rotatable bonds is 1. The summed E-state index contributed by atoms with van der Waals surface area (Å²) in [7, 11) is -1.78. The molecule has 1 fully saturated rings. The predicted octanol–water partition coefficient (Wildman–Crippen LogP) is 6.38. The molecule has 5 heteroatoms. The summed E-state index contributed by atoms with van der Waals surface area (Å²) < 4.78 is 40.6. The van der Waals surface area contributed by atoms with E-state index in [1.54, 1.807) is 18.2 Å². The van der Waals surface area contributed by atoms with Crippen molar-refractivity contribution < 1.29 is 13.2 Å². The molecule has 1 aromatic carbocycles. The highest BCUT2D eigenvalue weighted by Gasteiger charge is 2.49. The number of fused-ring (bicyclic) bond motifs is 1. The van der Waals surface area contributed by atoms with Gasteiger partial charge in [-0.3, -0.25) is 0 Å². The molecule has 0 radical (unpaired) electrons. The topological polar surface area (TPSA) is 0 Å². The Labute approximate surface area is 117 Å². The minimum Gasteiger partial charge on any atom is -0.118 e. The molecule has 1 saturated carbocycles. The lowest BCUT2D eigenvalue weighted by molar-refractivity contribution is -0.0868. The number of hydrogen-bond acceptors (Lipinski definition) is 0. The van der Waals surface area contributed by atoms with Crippen LogP contribution in [0.3, 0.4) is 0 Å². The van der Waals surface area contributed by atoms with Crippen LogP contribution >= 0.6 is 22.1 Å². The van der Waals surface area contributed by atoms with E-state index in [4.69, 9.17) is 11.6 Å². The van der Waals surface area contributed by atoms with Crippen LogP contribution in [0.1, 0.15) is 36.5 Å². The van der Waals surface area contributed by atoms with Crippen molar-refractivity contribution in [1.82, 2.24) is 0 Å². The van der Waals surface area contributed by atoms with Crippen LogP contribution in [0, 0.1) is 0 Å². The summed E-state index contributed by atoms with van der Waals surface area (Å²) in [4.78, 5) is 0.572. The Morgan fingerprint density at radius 3 is 2.42 bits per heavy atom. The van der Waals surface area contributed by atoms with Crippen LogP contribution in [0.25, 0.3) is 10.1 Å². The van der Waals surface area contributed by atoms with Gasteiger partial charge in [0.05, 0.1) is 10.5 Å². The maximum atomic E-state index is 13.4. The minimum atomic E-state index is -4.20. The van der Waals surface area contributed by atoms with Gasteiger partial charge in [-0.2, -0.15) is 0 Å². The van der Waals surface area contributed by atoms with Gasteiger partial charge in [0, 0.05) is 28.5 Å². The third kappa shape index (κ3) is 2.36. The molecule has 1 aliphatic carbocycles. The lowest BCUT2D eigenvalue weighted by Crippen LogP contribution is -2.00. The quantitative estimate of drug-likeness (QED) is 0.536. The maximum absolute atomic E-state index is 13.4. The van der Waals surface area contributed by atoms with Gasteiger partial charge in [0.2, 0.25) is 0 Å². The zero-order chi connectivity index (χ0) is 13.6. The Morgan fingerprint density at radius 1 is 1.11 bits per heavy atom. The average Bonchev–Trinajstić information content (AvgIpc) is 2.92. The highest BCUT2D eigenvalue weighted by atomic mass is 35.5. The Bertz CT molecular complexity index is 609. The molecule has 1 aliphatic rings. The van der Waals surface area contributed by atoms with Crippen molar-refractivity contribution >= 4 is 32.2 Å². The first kappa shape index (κ1) is 13.3. The number of halogens is 4. The SMILES string of the molecule is FC(F)(F)[s+]1c(C2CCCC2)cc2ccc(Cl)cc21. The minimum absolute atomic E-state index is 0.0936. The third-order valence-corrected chi connectivity index (χ3v) is 6.13. The summed E-state index contributed by atoms with van der Waals surface area (Å²) >= 11 is 5.86. The van der Waals surface area contributed by atoms with Crippen LogP contribution in [0.5, 0.6) is 0 Å². The summed E-state index contributed by atoms with van der Waals surface area (Å²) in [5.41, 5.74) is -4.20. The van der Waals surface area contributed by atoms with Crippen molar-refractivity contribution in [2.45, 2.75) is 37.1 Å². The summed E-state index contributed by atoms with van der Waals surface area (Å²) in [5, 5.41) is 1.06. The third-order valence-electron chi connectivity index (χ3n) is 3.72. The lowest BCUT2D eigenvalue weighted by Gasteiger charge is -2.05. The van der Waals surface area contributed by atoms with Gasteiger partial charge in [-0.1, -0.05) is 24.4 Å². The van der Waals surface area contributed by atoms with Gasteiger partial charge < -0.3 is 0 Å². The average molecular weight is 306 g/mol. The largest absolute Gasteiger partial charge is 0.600 e. The van der Waals surface area contributed by atoms with Crippen LogP contribution in [0.2, 0.25) is 5.02 Å². The number of alkyl halides is 3. The van der Waals surface area contributed by atoms with Crippen molar-refractivity contribution in [3.05, 3.63) is 34.2 Å². The molecule has 0 bridgehead atoms. The van der Waals surface area contributed by atoms with Gasteiger partial charge in [0.1, 0.15) is 0 Å². The van der Waals surface area contributed by atoms with Gasteiger partial charge in [-0.25, -0.2) is 0 Å². The molecule has 1 atom stereocenters. The van der Waals surface area contributed by atoms with Crippen molar-refractivity contribution in [1.29, 1.82) is 0 Å². The zero-order valence-corrected chi connectivity index (χ0v) is 11.7. The van der Waals surface area contributed by atoms with Gasteiger partial charge in [-0.05, 0) is 25.0 Å². The Balaban J connectivity index is 2.25. The smallest absolute Gasteiger partial charge is 0.118 e. The molecule has 0 spiro atoms. The normalized spacial score (nSPS) is 18.4. The van der Waals surface area contributed by atoms with Crippen LogP contribution in [-0.4, -0.2) is 0 Å². The van der Waals surface area contributed by atoms with E-state index in [0.717, 1.165) is 25.7 Å². The summed E-state index contributed by atoms with van der Waals surface area (Å²) in [5.74, 6) is 0.0936. The first-order valence-corrected chi connectivity index (χ1v) is 7.89. The second-order valence-electron chi connectivity index (χ2n) is 4.96. The Morgan fingerprint density at radius 2 is 1.79 bits per heavy atom. The van der Waals surface area contributed by atoms with E-state index in [9.17, 15) is 13.2 Å². The molecular weight excluding hydrogens is 293 g/mol. The molecule has 0 aliphatic heterocycles. The van der Waals surface area contributed by atoms with Crippen molar-refractivity contribution in [3.63, 3.8) is 0 Å². The van der Waals surface area contributed by atoms with E-state index in [0.29, 0.717) is 20.0 Å². The fraction of sp³-hybridized carbons (Fsp3) is 0.429. The molecule has 2 aromatic rings. The number of benzene rings is 1. The van der Waals surface area contributed by atoms with Crippen molar-refractivity contribution in [2.75, 3.05) is 0 Å². The zero-order valence-electron chi connectivity index (χ0n) is 10.1. The van der Waals surface area contributed by atoms with E-state index in [1.165, 1.54) is 6.07 Å². The van der Waals surface area contributed by atoms with E-state index in [-0.39, 0.29) is 5.92 Å². The molecule has 1 heterocycles. The van der Waals surface area contributed by atoms with Gasteiger partial charge in [-0.15, -0.1) is 13.2 Å². The summed E-state index contributed by atoms with van der Waals surface area (Å²) in [6.45, 7) is 0. The summed E-state index contributed by atoms with van der Waals surface area (Å²) in [6, 6.07) is 6.59. The van der Waals surface area contributed by atoms with Gasteiger partial charge in [0.15, 0.2) is 9.58 Å². The molecule has 19 heavy (non-hydrogen) atoms. The highest BCUT2D eigenvalue weighted by Crippen LogP contribution is 2.55. The molecule has 3 rings (SSSR count). The van der Waals surface area contributed by atoms with Gasteiger partial charge in [0.25, 0.3) is 0 Å². The van der Waals surface area contributed by atoms with E-state index < -0.39 is 16.0 Å². The van der Waals surface area contributed by atoms with Gasteiger partial charge >= 0.3 is 5.51 Å². The monoisotopic (exact) mass is 305 g/mol. The van der Waals surface area contributed by atoms with E-state index >= 15 is 0 Å². The number of thiophene rings is 1. The van der Waals surface area contributed by atoms with Crippen LogP contribution in [0.15, 0.2) is 24.3 Å². The fourth-order valence-electron chi connectivity index (χ4n) is 2.90. The van der Waals surface area contributed by atoms with Crippen molar-refractivity contribution in [2.24, 2.45) is 0 Å². The summed E-state index contributed by atoms with van der Waals surface area (Å²) in [6.07, 6.45) is 3.84. The molecule has 0 amide bonds. The standard InChI is InChI=1S/C14H13ClF3S/c15-11-6-5-10-7-12(9-3-1-2-4-9)19(13(10)8-11)14(16,17)18/h5-9H,1-4H2/q+1. The molecule has 0 saturated heterocycles. The van der Waals surface area contributed by atoms with Crippen LogP contribution < -0.4 is 0 Å². The molecule has 0 N–H and O–H groups in total. The molecule has 1 unspecified atom stereocenters. The second-order valence-corrected chi connectivity index (χ2v) is 7.39. The van der Waals surface area contributed by atoms with E-state index in [1.807, 2.05) is 0 Å². The maximum Gasteiger partial charge on any atom is 0.600 e. The Hall–Kier alpha value is -0.740. The number of hydrogen-bond donors (Lipinski definition) is 0. The first-order chi connectivity index (χ1) is 8.97. The highest BCUT2D eigenvalue weighted by molar-refractivity contribution is 7.38. The van der Waals surface area contributed by atoms with E-state index in [2.05, 4.69) is 0 Å². The molecule has 0 nitrogen and oxygen atoms in total. The fourth-order valence-corrected chi connectivity index (χ4v) is 5.33. The molecule has 1 aromatic heterocycles. The van der Waals surface area contributed by atoms with Crippen molar-refractivity contribution in [3.8, 4) is 0 Å². The van der Waals surface area contributed by atoms with Crippen LogP contribution in [-0.2, 0) is 5.51 Å². The first-order valence-electron chi connectivity index (χ1n) is 6.29. The molecule has 102 valence electrons. The predicted molar refractivity (Wildman–Crippen MR) is 73.9 cm³/mol. The Kier molecular flexibility index (Phi) is 3.26. The lowest BCUT2D eigenvalue weighted by atomic mass is 10.1. The second kappa shape index (κ2) is 4.67.